The molecule has 0 radical (unpaired) electrons. The maximum atomic E-state index is 5.78. The van der Waals surface area contributed by atoms with E-state index in [0.717, 1.165) is 31.6 Å². The normalized spacial score (nSPS) is 16.4. The van der Waals surface area contributed by atoms with Gasteiger partial charge in [-0.15, -0.1) is 0 Å². The van der Waals surface area contributed by atoms with Crippen LogP contribution in [0.2, 0.25) is 0 Å². The number of likely N-dealkylation sites (N-methyl/N-ethyl adjacent to an activating group) is 1. The summed E-state index contributed by atoms with van der Waals surface area (Å²) in [6.07, 6.45) is 5.50. The molecule has 0 bridgehead atoms. The van der Waals surface area contributed by atoms with Crippen LogP contribution < -0.4 is 4.74 Å². The minimum Gasteiger partial charge on any atom is -0.493 e. The van der Waals surface area contributed by atoms with Crippen molar-refractivity contribution in [3.63, 3.8) is 0 Å². The number of benzene rings is 1. The summed E-state index contributed by atoms with van der Waals surface area (Å²) in [7, 11) is 4.27. The molecule has 1 aliphatic rings. The summed E-state index contributed by atoms with van der Waals surface area (Å²) < 4.78 is 5.78. The molecule has 3 nitrogen and oxygen atoms in total. The topological polar surface area (TPSA) is 28.3 Å². The fraction of sp³-hybridized carbons (Fsp3) is 0.500. The maximum absolute atomic E-state index is 5.78. The van der Waals surface area contributed by atoms with E-state index in [-0.39, 0.29) is 0 Å². The molecular formula is C16H22N2O. The van der Waals surface area contributed by atoms with E-state index in [1.54, 1.807) is 0 Å². The van der Waals surface area contributed by atoms with Gasteiger partial charge in [-0.2, -0.15) is 0 Å². The molecule has 0 saturated carbocycles. The van der Waals surface area contributed by atoms with E-state index in [1.807, 2.05) is 0 Å². The van der Waals surface area contributed by atoms with Crippen LogP contribution in [0.5, 0.6) is 5.75 Å². The molecule has 0 unspecified atom stereocenters. The number of aromatic amines is 1. The molecule has 19 heavy (non-hydrogen) atoms. The summed E-state index contributed by atoms with van der Waals surface area (Å²) in [4.78, 5) is 5.68. The lowest BCUT2D eigenvalue weighted by Crippen LogP contribution is -2.26. The second-order valence-corrected chi connectivity index (χ2v) is 5.75. The number of nitrogens with zero attached hydrogens (tertiary/aromatic N) is 1. The first-order chi connectivity index (χ1) is 9.16. The van der Waals surface area contributed by atoms with E-state index in [0.29, 0.717) is 6.04 Å². The number of H-pyrrole nitrogens is 1. The Labute approximate surface area is 114 Å². The summed E-state index contributed by atoms with van der Waals surface area (Å²) in [5.41, 5.74) is 4.05. The van der Waals surface area contributed by atoms with Crippen molar-refractivity contribution in [1.29, 1.82) is 0 Å². The number of hydrogen-bond donors (Lipinski definition) is 1. The van der Waals surface area contributed by atoms with Gasteiger partial charge in [-0.25, -0.2) is 0 Å². The highest BCUT2D eigenvalue weighted by Gasteiger charge is 2.18. The van der Waals surface area contributed by atoms with E-state index in [9.17, 15) is 0 Å². The summed E-state index contributed by atoms with van der Waals surface area (Å²) in [5.74, 6) is 1.08. The summed E-state index contributed by atoms with van der Waals surface area (Å²) in [6, 6.07) is 4.79. The number of ether oxygens (including phenoxy) is 1. The van der Waals surface area contributed by atoms with E-state index in [1.165, 1.54) is 22.0 Å². The number of hydrogen-bond acceptors (Lipinski definition) is 2. The van der Waals surface area contributed by atoms with E-state index in [2.05, 4.69) is 49.2 Å². The number of aromatic nitrogens is 1. The molecule has 3 heteroatoms. The van der Waals surface area contributed by atoms with Gasteiger partial charge in [-0.05, 0) is 58.0 Å². The lowest BCUT2D eigenvalue weighted by atomic mass is 9.97. The number of rotatable bonds is 3. The van der Waals surface area contributed by atoms with Crippen molar-refractivity contribution < 1.29 is 4.74 Å². The van der Waals surface area contributed by atoms with Crippen molar-refractivity contribution in [3.8, 4) is 5.75 Å². The van der Waals surface area contributed by atoms with Crippen molar-refractivity contribution in [3.05, 3.63) is 29.5 Å². The summed E-state index contributed by atoms with van der Waals surface area (Å²) >= 11 is 0. The quantitative estimate of drug-likeness (QED) is 0.916. The Morgan fingerprint density at radius 2 is 2.21 bits per heavy atom. The minimum atomic E-state index is 0.541. The highest BCUT2D eigenvalue weighted by atomic mass is 16.5. The lowest BCUT2D eigenvalue weighted by molar-refractivity contribution is 0.289. The molecular weight excluding hydrogens is 236 g/mol. The van der Waals surface area contributed by atoms with Crippen LogP contribution in [0.3, 0.4) is 0 Å². The maximum Gasteiger partial charge on any atom is 0.123 e. The molecule has 0 aliphatic carbocycles. The van der Waals surface area contributed by atoms with Crippen molar-refractivity contribution in [2.24, 2.45) is 0 Å². The van der Waals surface area contributed by atoms with Crippen molar-refractivity contribution in [2.75, 3.05) is 20.7 Å². The van der Waals surface area contributed by atoms with Gasteiger partial charge < -0.3 is 14.6 Å². The average molecular weight is 258 g/mol. The number of nitrogens with one attached hydrogen (secondary N) is 1. The standard InChI is InChI=1S/C16H22N2O/c1-11(18(2)3)9-12-10-17-14-6-7-15-13(16(12)14)5-4-8-19-15/h6-7,10-11,17H,4-5,8-9H2,1-3H3/t11-/m1/s1. The highest BCUT2D eigenvalue weighted by Crippen LogP contribution is 2.34. The Kier molecular flexibility index (Phi) is 3.23. The average Bonchev–Trinajstić information content (AvgIpc) is 2.82. The Morgan fingerprint density at radius 1 is 1.37 bits per heavy atom. The first kappa shape index (κ1) is 12.5. The molecule has 1 N–H and O–H groups in total. The van der Waals surface area contributed by atoms with Crippen LogP contribution in [-0.2, 0) is 12.8 Å². The minimum absolute atomic E-state index is 0.541. The molecule has 1 atom stereocenters. The molecule has 0 spiro atoms. The third-order valence-electron chi connectivity index (χ3n) is 4.22. The third kappa shape index (κ3) is 2.23. The van der Waals surface area contributed by atoms with E-state index >= 15 is 0 Å². The lowest BCUT2D eigenvalue weighted by Gasteiger charge is -2.21. The molecule has 2 heterocycles. The molecule has 0 fully saturated rings. The fourth-order valence-corrected chi connectivity index (χ4v) is 2.83. The molecule has 0 saturated heterocycles. The molecule has 1 aliphatic heterocycles. The van der Waals surface area contributed by atoms with E-state index < -0.39 is 0 Å². The van der Waals surface area contributed by atoms with Crippen molar-refractivity contribution >= 4 is 10.9 Å². The predicted molar refractivity (Wildman–Crippen MR) is 79.0 cm³/mol. The first-order valence-corrected chi connectivity index (χ1v) is 7.08. The van der Waals surface area contributed by atoms with Crippen LogP contribution in [0.15, 0.2) is 18.3 Å². The summed E-state index contributed by atoms with van der Waals surface area (Å²) in [6.45, 7) is 3.12. The zero-order valence-corrected chi connectivity index (χ0v) is 12.0. The predicted octanol–water partition coefficient (Wildman–Crippen LogP) is 2.99. The molecule has 1 aromatic heterocycles. The number of aryl methyl sites for hydroxylation is 1. The van der Waals surface area contributed by atoms with Crippen molar-refractivity contribution in [2.45, 2.75) is 32.2 Å². The van der Waals surface area contributed by atoms with Gasteiger partial charge >= 0.3 is 0 Å². The van der Waals surface area contributed by atoms with Crippen LogP contribution in [-0.4, -0.2) is 36.6 Å². The Balaban J connectivity index is 2.05. The van der Waals surface area contributed by atoms with Gasteiger partial charge in [-0.3, -0.25) is 0 Å². The van der Waals surface area contributed by atoms with Crippen molar-refractivity contribution in [1.82, 2.24) is 9.88 Å². The van der Waals surface area contributed by atoms with Crippen LogP contribution in [0.4, 0.5) is 0 Å². The van der Waals surface area contributed by atoms with E-state index in [4.69, 9.17) is 4.74 Å². The third-order valence-corrected chi connectivity index (χ3v) is 4.22. The molecule has 3 rings (SSSR count). The van der Waals surface area contributed by atoms with Gasteiger partial charge in [-0.1, -0.05) is 0 Å². The molecule has 2 aromatic rings. The Hall–Kier alpha value is -1.48. The van der Waals surface area contributed by atoms with Crippen LogP contribution >= 0.6 is 0 Å². The van der Waals surface area contributed by atoms with Gasteiger partial charge in [0.2, 0.25) is 0 Å². The fourth-order valence-electron chi connectivity index (χ4n) is 2.83. The van der Waals surface area contributed by atoms with Crippen LogP contribution in [0, 0.1) is 0 Å². The second-order valence-electron chi connectivity index (χ2n) is 5.75. The van der Waals surface area contributed by atoms with Gasteiger partial charge in [0.15, 0.2) is 0 Å². The molecule has 0 amide bonds. The Morgan fingerprint density at radius 3 is 3.00 bits per heavy atom. The largest absolute Gasteiger partial charge is 0.493 e. The van der Waals surface area contributed by atoms with Gasteiger partial charge in [0, 0.05) is 28.7 Å². The molecule has 1 aromatic carbocycles. The highest BCUT2D eigenvalue weighted by molar-refractivity contribution is 5.89. The smallest absolute Gasteiger partial charge is 0.123 e. The Bertz CT molecular complexity index is 586. The van der Waals surface area contributed by atoms with Crippen LogP contribution in [0.25, 0.3) is 10.9 Å². The van der Waals surface area contributed by atoms with Crippen LogP contribution in [0.1, 0.15) is 24.5 Å². The van der Waals surface area contributed by atoms with Gasteiger partial charge in [0.25, 0.3) is 0 Å². The summed E-state index contributed by atoms with van der Waals surface area (Å²) in [5, 5.41) is 1.39. The zero-order chi connectivity index (χ0) is 13.4. The zero-order valence-electron chi connectivity index (χ0n) is 12.0. The van der Waals surface area contributed by atoms with Gasteiger partial charge in [0.05, 0.1) is 6.61 Å². The monoisotopic (exact) mass is 258 g/mol. The first-order valence-electron chi connectivity index (χ1n) is 7.08. The molecule has 102 valence electrons. The SMILES string of the molecule is C[C@H](Cc1c[nH]c2ccc3c(c12)CCCO3)N(C)C. The number of fused-ring (bicyclic) bond motifs is 3. The second kappa shape index (κ2) is 4.89. The van der Waals surface area contributed by atoms with Gasteiger partial charge in [0.1, 0.15) is 5.75 Å².